The first-order valence-electron chi connectivity index (χ1n) is 3.64. The summed E-state index contributed by atoms with van der Waals surface area (Å²) in [5.41, 5.74) is 1.15. The Morgan fingerprint density at radius 1 is 1.64 bits per heavy atom. The van der Waals surface area contributed by atoms with E-state index in [0.717, 1.165) is 11.4 Å². The van der Waals surface area contributed by atoms with E-state index in [-0.39, 0.29) is 0 Å². The summed E-state index contributed by atoms with van der Waals surface area (Å²) in [5, 5.41) is 0. The van der Waals surface area contributed by atoms with Gasteiger partial charge in [0.1, 0.15) is 5.82 Å². The van der Waals surface area contributed by atoms with E-state index in [2.05, 4.69) is 9.97 Å². The number of imidazole rings is 1. The smallest absolute Gasteiger partial charge is 0.132 e. The lowest BCUT2D eigenvalue weighted by Crippen LogP contribution is -1.80. The lowest BCUT2D eigenvalue weighted by Gasteiger charge is -1.91. The number of allylic oxidation sites excluding steroid dienone is 4. The van der Waals surface area contributed by atoms with Gasteiger partial charge in [-0.1, -0.05) is 18.2 Å². The highest BCUT2D eigenvalue weighted by molar-refractivity contribution is 5.58. The van der Waals surface area contributed by atoms with Crippen molar-refractivity contribution in [1.82, 2.24) is 9.97 Å². The number of hydrogen-bond donors (Lipinski definition) is 1. The molecule has 1 aromatic heterocycles. The highest BCUT2D eigenvalue weighted by atomic mass is 14.9. The molecule has 1 N–H and O–H groups in total. The fraction of sp³-hybridized carbons (Fsp3) is 0.222. The Hall–Kier alpha value is -1.31. The van der Waals surface area contributed by atoms with Crippen molar-refractivity contribution < 1.29 is 0 Å². The molecule has 2 nitrogen and oxygen atoms in total. The minimum absolute atomic E-state index is 0.933. The van der Waals surface area contributed by atoms with Crippen molar-refractivity contribution in [2.45, 2.75) is 13.8 Å². The van der Waals surface area contributed by atoms with E-state index >= 15 is 0 Å². The van der Waals surface area contributed by atoms with E-state index in [4.69, 9.17) is 0 Å². The van der Waals surface area contributed by atoms with E-state index in [1.165, 1.54) is 0 Å². The van der Waals surface area contributed by atoms with Crippen LogP contribution in [-0.2, 0) is 0 Å². The molecule has 0 spiro atoms. The van der Waals surface area contributed by atoms with Crippen LogP contribution in [0, 0.1) is 0 Å². The van der Waals surface area contributed by atoms with E-state index in [1.807, 2.05) is 38.3 Å². The number of aromatic amines is 1. The molecule has 0 saturated carbocycles. The number of nitrogens with one attached hydrogen (secondary N) is 1. The van der Waals surface area contributed by atoms with Gasteiger partial charge in [0.2, 0.25) is 0 Å². The topological polar surface area (TPSA) is 28.7 Å². The molecule has 11 heavy (non-hydrogen) atoms. The van der Waals surface area contributed by atoms with Crippen LogP contribution in [0.3, 0.4) is 0 Å². The lowest BCUT2D eigenvalue weighted by atomic mass is 10.2. The van der Waals surface area contributed by atoms with Crippen molar-refractivity contribution in [2.75, 3.05) is 0 Å². The third kappa shape index (κ3) is 2.08. The van der Waals surface area contributed by atoms with Gasteiger partial charge >= 0.3 is 0 Å². The number of aromatic nitrogens is 2. The zero-order chi connectivity index (χ0) is 8.10. The summed E-state index contributed by atoms with van der Waals surface area (Å²) in [7, 11) is 0. The quantitative estimate of drug-likeness (QED) is 0.641. The average molecular weight is 148 g/mol. The summed E-state index contributed by atoms with van der Waals surface area (Å²) in [5.74, 6) is 0.933. The van der Waals surface area contributed by atoms with Crippen LogP contribution in [0.5, 0.6) is 0 Å². The van der Waals surface area contributed by atoms with Crippen molar-refractivity contribution in [3.8, 4) is 0 Å². The van der Waals surface area contributed by atoms with Crippen molar-refractivity contribution in [3.63, 3.8) is 0 Å². The number of H-pyrrole nitrogens is 1. The van der Waals surface area contributed by atoms with Gasteiger partial charge in [0, 0.05) is 12.4 Å². The van der Waals surface area contributed by atoms with Crippen molar-refractivity contribution in [1.29, 1.82) is 0 Å². The molecule has 0 fully saturated rings. The summed E-state index contributed by atoms with van der Waals surface area (Å²) < 4.78 is 0. The van der Waals surface area contributed by atoms with Gasteiger partial charge in [0.25, 0.3) is 0 Å². The molecular formula is C9H12N2. The van der Waals surface area contributed by atoms with Crippen LogP contribution in [-0.4, -0.2) is 9.97 Å². The van der Waals surface area contributed by atoms with Gasteiger partial charge in [0.05, 0.1) is 0 Å². The number of rotatable bonds is 2. The predicted molar refractivity (Wildman–Crippen MR) is 47.1 cm³/mol. The first-order chi connectivity index (χ1) is 5.34. The van der Waals surface area contributed by atoms with Crippen molar-refractivity contribution in [2.24, 2.45) is 0 Å². The fourth-order valence-corrected chi connectivity index (χ4v) is 0.800. The van der Waals surface area contributed by atoms with Gasteiger partial charge in [-0.25, -0.2) is 4.98 Å². The molecule has 0 aromatic carbocycles. The van der Waals surface area contributed by atoms with Crippen LogP contribution in [0.15, 0.2) is 30.6 Å². The molecule has 0 unspecified atom stereocenters. The molecule has 1 heterocycles. The Kier molecular flexibility index (Phi) is 2.66. The molecule has 1 rings (SSSR count). The Labute approximate surface area is 66.7 Å². The Morgan fingerprint density at radius 3 is 3.00 bits per heavy atom. The lowest BCUT2D eigenvalue weighted by molar-refractivity contribution is 1.23. The van der Waals surface area contributed by atoms with Crippen molar-refractivity contribution in [3.05, 3.63) is 36.4 Å². The Balaban J connectivity index is 2.77. The molecule has 0 amide bonds. The maximum atomic E-state index is 4.11. The minimum atomic E-state index is 0.933. The average Bonchev–Trinajstić information content (AvgIpc) is 2.52. The Morgan fingerprint density at radius 2 is 2.45 bits per heavy atom. The van der Waals surface area contributed by atoms with E-state index < -0.39 is 0 Å². The third-order valence-corrected chi connectivity index (χ3v) is 1.41. The molecule has 0 saturated heterocycles. The number of nitrogens with zero attached hydrogens (tertiary/aromatic N) is 1. The number of hydrogen-bond acceptors (Lipinski definition) is 1. The predicted octanol–water partition coefficient (Wildman–Crippen LogP) is 2.39. The fourth-order valence-electron chi connectivity index (χ4n) is 0.800. The summed E-state index contributed by atoms with van der Waals surface area (Å²) in [6.45, 7) is 4.02. The van der Waals surface area contributed by atoms with Gasteiger partial charge < -0.3 is 4.98 Å². The maximum Gasteiger partial charge on any atom is 0.132 e. The van der Waals surface area contributed by atoms with Gasteiger partial charge in [0.15, 0.2) is 0 Å². The van der Waals surface area contributed by atoms with E-state index in [0.29, 0.717) is 0 Å². The summed E-state index contributed by atoms with van der Waals surface area (Å²) in [4.78, 5) is 7.14. The van der Waals surface area contributed by atoms with E-state index in [9.17, 15) is 0 Å². The highest BCUT2D eigenvalue weighted by Gasteiger charge is 1.93. The highest BCUT2D eigenvalue weighted by Crippen LogP contribution is 2.06. The molecule has 0 bridgehead atoms. The van der Waals surface area contributed by atoms with Crippen LogP contribution in [0.2, 0.25) is 0 Å². The Bertz CT molecular complexity index is 255. The second-order valence-corrected chi connectivity index (χ2v) is 2.31. The van der Waals surface area contributed by atoms with Gasteiger partial charge in [-0.2, -0.15) is 0 Å². The minimum Gasteiger partial charge on any atom is -0.345 e. The molecule has 2 heteroatoms. The van der Waals surface area contributed by atoms with Crippen LogP contribution in [0.25, 0.3) is 5.57 Å². The van der Waals surface area contributed by atoms with Crippen LogP contribution < -0.4 is 0 Å². The monoisotopic (exact) mass is 148 g/mol. The zero-order valence-electron chi connectivity index (χ0n) is 6.83. The first kappa shape index (κ1) is 7.79. The second-order valence-electron chi connectivity index (χ2n) is 2.31. The summed E-state index contributed by atoms with van der Waals surface area (Å²) >= 11 is 0. The molecule has 0 aliphatic carbocycles. The molecule has 0 radical (unpaired) electrons. The maximum absolute atomic E-state index is 4.11. The van der Waals surface area contributed by atoms with Crippen LogP contribution in [0.1, 0.15) is 19.7 Å². The van der Waals surface area contributed by atoms with Gasteiger partial charge in [-0.15, -0.1) is 0 Å². The van der Waals surface area contributed by atoms with Gasteiger partial charge in [-0.3, -0.25) is 0 Å². The third-order valence-electron chi connectivity index (χ3n) is 1.41. The zero-order valence-corrected chi connectivity index (χ0v) is 6.83. The largest absolute Gasteiger partial charge is 0.345 e. The molecule has 1 aromatic rings. The summed E-state index contributed by atoms with van der Waals surface area (Å²) in [6, 6.07) is 0. The molecular weight excluding hydrogens is 136 g/mol. The SMILES string of the molecule is C/C=C\C=C(/C)c1ncc[nH]1. The molecule has 0 aliphatic heterocycles. The molecule has 0 aliphatic rings. The van der Waals surface area contributed by atoms with Gasteiger partial charge in [-0.05, 0) is 19.4 Å². The normalized spacial score (nSPS) is 12.7. The molecule has 0 atom stereocenters. The first-order valence-corrected chi connectivity index (χ1v) is 3.64. The second kappa shape index (κ2) is 3.76. The summed E-state index contributed by atoms with van der Waals surface area (Å²) in [6.07, 6.45) is 9.59. The van der Waals surface area contributed by atoms with Crippen LogP contribution in [0.4, 0.5) is 0 Å². The molecule has 58 valence electrons. The van der Waals surface area contributed by atoms with Crippen molar-refractivity contribution >= 4 is 5.57 Å². The standard InChI is InChI=1S/C9H12N2/c1-3-4-5-8(2)9-10-6-7-11-9/h3-7H,1-2H3,(H,10,11)/b4-3-,8-5+. The van der Waals surface area contributed by atoms with Crippen LogP contribution >= 0.6 is 0 Å². The van der Waals surface area contributed by atoms with E-state index in [1.54, 1.807) is 6.20 Å².